The molecular weight excluding hydrogens is 396 g/mol. The van der Waals surface area contributed by atoms with Crippen molar-refractivity contribution in [2.75, 3.05) is 5.32 Å². The van der Waals surface area contributed by atoms with Gasteiger partial charge in [-0.25, -0.2) is 14.6 Å². The Balaban J connectivity index is 1.80. The first-order valence-corrected chi connectivity index (χ1v) is 10.8. The first kappa shape index (κ1) is 18.7. The van der Waals surface area contributed by atoms with Crippen molar-refractivity contribution in [3.8, 4) is 27.6 Å². The maximum Gasteiger partial charge on any atom is 0.223 e. The molecule has 0 aliphatic heterocycles. The van der Waals surface area contributed by atoms with E-state index in [2.05, 4.69) is 29.4 Å². The molecule has 30 heavy (non-hydrogen) atoms. The van der Waals surface area contributed by atoms with Gasteiger partial charge in [-0.1, -0.05) is 29.5 Å². The number of hydrogen-bond donors (Lipinski definition) is 1. The first-order valence-electron chi connectivity index (χ1n) is 9.95. The summed E-state index contributed by atoms with van der Waals surface area (Å²) in [6.07, 6.45) is 6.44. The highest BCUT2D eigenvalue weighted by atomic mass is 32.1. The topological polar surface area (TPSA) is 77.6 Å². The molecule has 4 aromatic rings. The summed E-state index contributed by atoms with van der Waals surface area (Å²) in [5.74, 6) is -0.109. The minimum Gasteiger partial charge on any atom is -0.332 e. The minimum absolute atomic E-state index is 0.109. The Morgan fingerprint density at radius 1 is 1.23 bits per heavy atom. The van der Waals surface area contributed by atoms with Crippen LogP contribution in [0, 0.1) is 6.92 Å². The molecule has 0 saturated heterocycles. The molecule has 0 atom stereocenters. The zero-order chi connectivity index (χ0) is 20.8. The van der Waals surface area contributed by atoms with Crippen LogP contribution >= 0.6 is 11.3 Å². The number of para-hydroxylation sites is 1. The van der Waals surface area contributed by atoms with Crippen LogP contribution < -0.4 is 5.32 Å². The van der Waals surface area contributed by atoms with Gasteiger partial charge in [-0.3, -0.25) is 4.79 Å². The Kier molecular flexibility index (Phi) is 4.51. The number of imidazole rings is 1. The van der Waals surface area contributed by atoms with Gasteiger partial charge in [0.15, 0.2) is 5.13 Å². The predicted molar refractivity (Wildman–Crippen MR) is 118 cm³/mol. The zero-order valence-electron chi connectivity index (χ0n) is 17.1. The van der Waals surface area contributed by atoms with Crippen molar-refractivity contribution in [3.05, 3.63) is 53.6 Å². The lowest BCUT2D eigenvalue weighted by molar-refractivity contribution is -0.114. The van der Waals surface area contributed by atoms with Gasteiger partial charge in [0.25, 0.3) is 0 Å². The third kappa shape index (κ3) is 3.04. The molecule has 0 saturated carbocycles. The maximum absolute atomic E-state index is 11.6. The van der Waals surface area contributed by atoms with Crippen LogP contribution in [0.1, 0.15) is 30.2 Å². The molecule has 0 bridgehead atoms. The fraction of sp³-hybridized carbons (Fsp3) is 0.273. The number of carbonyl (C=O) groups excluding carboxylic acids is 1. The van der Waals surface area contributed by atoms with Gasteiger partial charge < -0.3 is 9.88 Å². The Labute approximate surface area is 178 Å². The Morgan fingerprint density at radius 2 is 2.07 bits per heavy atom. The molecule has 152 valence electrons. The van der Waals surface area contributed by atoms with Gasteiger partial charge in [0.2, 0.25) is 5.91 Å². The molecule has 1 N–H and O–H groups in total. The molecule has 8 heteroatoms. The molecule has 1 aromatic carbocycles. The summed E-state index contributed by atoms with van der Waals surface area (Å²) in [6, 6.07) is 8.26. The summed E-state index contributed by atoms with van der Waals surface area (Å²) in [7, 11) is 1.99. The number of benzene rings is 1. The van der Waals surface area contributed by atoms with E-state index in [-0.39, 0.29) is 5.91 Å². The molecule has 5 rings (SSSR count). The third-order valence-electron chi connectivity index (χ3n) is 5.42. The number of carbonyl (C=O) groups is 1. The number of thiazole rings is 1. The molecule has 0 unspecified atom stereocenters. The van der Waals surface area contributed by atoms with Gasteiger partial charge in [0.1, 0.15) is 5.69 Å². The Hall–Kier alpha value is -3.26. The lowest BCUT2D eigenvalue weighted by atomic mass is 10.1. The van der Waals surface area contributed by atoms with Crippen LogP contribution in [-0.4, -0.2) is 30.2 Å². The van der Waals surface area contributed by atoms with E-state index in [9.17, 15) is 4.79 Å². The minimum atomic E-state index is -0.109. The second kappa shape index (κ2) is 7.21. The molecule has 0 spiro atoms. The number of nitrogens with zero attached hydrogens (tertiary/aromatic N) is 5. The third-order valence-corrected chi connectivity index (χ3v) is 6.44. The number of rotatable bonds is 3. The highest BCUT2D eigenvalue weighted by Crippen LogP contribution is 2.43. The van der Waals surface area contributed by atoms with Crippen LogP contribution in [-0.2, 0) is 24.7 Å². The molecule has 7 nitrogen and oxygen atoms in total. The second-order valence-corrected chi connectivity index (χ2v) is 8.59. The normalized spacial score (nSPS) is 12.9. The Morgan fingerprint density at radius 3 is 2.80 bits per heavy atom. The lowest BCUT2D eigenvalue weighted by Crippen LogP contribution is -2.05. The summed E-state index contributed by atoms with van der Waals surface area (Å²) < 4.78 is 4.05. The van der Waals surface area contributed by atoms with E-state index in [4.69, 9.17) is 10.1 Å². The fourth-order valence-corrected chi connectivity index (χ4v) is 5.15. The Bertz CT molecular complexity index is 1260. The highest BCUT2D eigenvalue weighted by molar-refractivity contribution is 7.19. The molecule has 0 radical (unpaired) electrons. The summed E-state index contributed by atoms with van der Waals surface area (Å²) >= 11 is 1.52. The quantitative estimate of drug-likeness (QED) is 0.542. The van der Waals surface area contributed by atoms with Crippen LogP contribution in [0.3, 0.4) is 0 Å². The van der Waals surface area contributed by atoms with E-state index in [1.165, 1.54) is 23.8 Å². The van der Waals surface area contributed by atoms with Crippen LogP contribution in [0.15, 0.2) is 36.8 Å². The van der Waals surface area contributed by atoms with Crippen LogP contribution in [0.25, 0.3) is 27.6 Å². The van der Waals surface area contributed by atoms with Gasteiger partial charge in [-0.15, -0.1) is 0 Å². The number of fused-ring (bicyclic) bond motifs is 3. The van der Waals surface area contributed by atoms with E-state index < -0.39 is 0 Å². The van der Waals surface area contributed by atoms with Gasteiger partial charge >= 0.3 is 0 Å². The van der Waals surface area contributed by atoms with E-state index in [1.54, 1.807) is 6.33 Å². The number of amides is 1. The molecule has 1 aliphatic carbocycles. The van der Waals surface area contributed by atoms with Crippen molar-refractivity contribution in [3.63, 3.8) is 0 Å². The van der Waals surface area contributed by atoms with Crippen LogP contribution in [0.5, 0.6) is 0 Å². The van der Waals surface area contributed by atoms with Crippen molar-refractivity contribution in [1.82, 2.24) is 24.3 Å². The van der Waals surface area contributed by atoms with Gasteiger partial charge in [0, 0.05) is 19.5 Å². The second-order valence-electron chi connectivity index (χ2n) is 7.59. The first-order chi connectivity index (χ1) is 14.5. The van der Waals surface area contributed by atoms with Crippen molar-refractivity contribution in [1.29, 1.82) is 0 Å². The molecule has 1 amide bonds. The standard InChI is InChI=1S/C22H22N6OS/c1-13-7-4-5-10-17(13)28-20-15(19(26-28)18-11-23-12-27(18)3)8-6-9-16-21(20)30-22(25-16)24-14(2)29/h4-5,7,10-12H,6,8-9H2,1-3H3,(H,24,25,29). The maximum atomic E-state index is 11.6. The van der Waals surface area contributed by atoms with Crippen LogP contribution in [0.2, 0.25) is 0 Å². The number of nitrogens with one attached hydrogen (secondary N) is 1. The zero-order valence-corrected chi connectivity index (χ0v) is 18.0. The molecular formula is C22H22N6OS. The number of anilines is 1. The predicted octanol–water partition coefficient (Wildman–Crippen LogP) is 4.15. The highest BCUT2D eigenvalue weighted by Gasteiger charge is 2.29. The average Bonchev–Trinajstić information content (AvgIpc) is 3.36. The van der Waals surface area contributed by atoms with E-state index >= 15 is 0 Å². The summed E-state index contributed by atoms with van der Waals surface area (Å²) in [6.45, 7) is 3.61. The number of aromatic nitrogens is 5. The van der Waals surface area contributed by atoms with Crippen molar-refractivity contribution >= 4 is 22.4 Å². The monoisotopic (exact) mass is 418 g/mol. The van der Waals surface area contributed by atoms with Crippen molar-refractivity contribution in [2.24, 2.45) is 7.05 Å². The van der Waals surface area contributed by atoms with Crippen molar-refractivity contribution < 1.29 is 4.79 Å². The number of hydrogen-bond acceptors (Lipinski definition) is 5. The van der Waals surface area contributed by atoms with Gasteiger partial charge in [0.05, 0.1) is 40.2 Å². The molecule has 1 aliphatic rings. The van der Waals surface area contributed by atoms with Gasteiger partial charge in [-0.2, -0.15) is 5.10 Å². The number of aryl methyl sites for hydroxylation is 3. The smallest absolute Gasteiger partial charge is 0.223 e. The van der Waals surface area contributed by atoms with Crippen LogP contribution in [0.4, 0.5) is 5.13 Å². The van der Waals surface area contributed by atoms with Gasteiger partial charge in [-0.05, 0) is 37.8 Å². The summed E-state index contributed by atoms with van der Waals surface area (Å²) in [4.78, 5) is 21.7. The van der Waals surface area contributed by atoms with Crippen molar-refractivity contribution in [2.45, 2.75) is 33.1 Å². The molecule has 0 fully saturated rings. The van der Waals surface area contributed by atoms with E-state index in [0.29, 0.717) is 5.13 Å². The van der Waals surface area contributed by atoms with E-state index in [1.807, 2.05) is 34.6 Å². The summed E-state index contributed by atoms with van der Waals surface area (Å²) in [5.41, 5.74) is 7.44. The largest absolute Gasteiger partial charge is 0.332 e. The van der Waals surface area contributed by atoms with E-state index in [0.717, 1.165) is 58.2 Å². The molecule has 3 aromatic heterocycles. The lowest BCUT2D eigenvalue weighted by Gasteiger charge is -2.10. The fourth-order valence-electron chi connectivity index (χ4n) is 4.03. The SMILES string of the molecule is CC(=O)Nc1nc2c(s1)-c1c(c(-c3cncn3C)nn1-c1ccccc1C)CCC2. The summed E-state index contributed by atoms with van der Waals surface area (Å²) in [5, 5.41) is 8.58. The average molecular weight is 419 g/mol. The molecule has 3 heterocycles.